The summed E-state index contributed by atoms with van der Waals surface area (Å²) < 4.78 is 4.95. The Balaban J connectivity index is 2.27. The van der Waals surface area contributed by atoms with E-state index in [-0.39, 0.29) is 16.9 Å². The molecule has 0 N–H and O–H groups in total. The van der Waals surface area contributed by atoms with Gasteiger partial charge in [0.1, 0.15) is 0 Å². The van der Waals surface area contributed by atoms with Crippen molar-refractivity contribution in [3.05, 3.63) is 33.9 Å². The van der Waals surface area contributed by atoms with E-state index in [0.29, 0.717) is 6.42 Å². The molecule has 0 amide bonds. The molecule has 1 aliphatic rings. The van der Waals surface area contributed by atoms with Gasteiger partial charge in [-0.05, 0) is 30.9 Å². The van der Waals surface area contributed by atoms with Crippen LogP contribution in [0.2, 0.25) is 0 Å². The summed E-state index contributed by atoms with van der Waals surface area (Å²) in [5, 5.41) is 20.1. The first kappa shape index (κ1) is 12.4. The zero-order chi connectivity index (χ0) is 13.2. The number of nitriles is 1. The Kier molecular flexibility index (Phi) is 3.19. The van der Waals surface area contributed by atoms with Crippen LogP contribution < -0.4 is 4.74 Å². The number of benzene rings is 1. The lowest BCUT2D eigenvalue weighted by atomic mass is 9.66. The first-order chi connectivity index (χ1) is 8.60. The van der Waals surface area contributed by atoms with Crippen molar-refractivity contribution in [1.29, 1.82) is 5.26 Å². The topological polar surface area (TPSA) is 76.2 Å². The summed E-state index contributed by atoms with van der Waals surface area (Å²) in [4.78, 5) is 10.5. The van der Waals surface area contributed by atoms with Crippen LogP contribution in [0.4, 0.5) is 5.69 Å². The minimum atomic E-state index is -0.456. The summed E-state index contributed by atoms with van der Waals surface area (Å²) in [5.74, 6) is 0.253. The number of nitrogens with zero attached hydrogens (tertiary/aromatic N) is 2. The molecule has 1 fully saturated rings. The van der Waals surface area contributed by atoms with Gasteiger partial charge in [0.2, 0.25) is 0 Å². The molecule has 1 saturated carbocycles. The van der Waals surface area contributed by atoms with E-state index in [9.17, 15) is 10.1 Å². The molecule has 0 heterocycles. The van der Waals surface area contributed by atoms with Crippen LogP contribution in [0, 0.1) is 26.9 Å². The first-order valence-electron chi connectivity index (χ1n) is 5.83. The number of hydrogen-bond donors (Lipinski definition) is 0. The molecule has 0 aromatic heterocycles. The standard InChI is InChI=1S/C13H14N2O3/c1-18-12-4-3-10(7-11(12)15(16)17)8-13(9-14)5-2-6-13/h3-4,7H,2,5-6,8H2,1H3. The fourth-order valence-electron chi connectivity index (χ4n) is 2.31. The molecule has 1 aliphatic carbocycles. The molecule has 0 saturated heterocycles. The van der Waals surface area contributed by atoms with Gasteiger partial charge in [0.25, 0.3) is 0 Å². The van der Waals surface area contributed by atoms with E-state index in [4.69, 9.17) is 10.00 Å². The van der Waals surface area contributed by atoms with Crippen LogP contribution in [0.1, 0.15) is 24.8 Å². The lowest BCUT2D eigenvalue weighted by Crippen LogP contribution is -2.29. The second-order valence-corrected chi connectivity index (χ2v) is 4.69. The molecule has 0 unspecified atom stereocenters. The summed E-state index contributed by atoms with van der Waals surface area (Å²) in [7, 11) is 1.41. The van der Waals surface area contributed by atoms with Gasteiger partial charge in [-0.15, -0.1) is 0 Å². The lowest BCUT2D eigenvalue weighted by Gasteiger charge is -2.35. The van der Waals surface area contributed by atoms with Gasteiger partial charge in [0.05, 0.1) is 23.5 Å². The minimum absolute atomic E-state index is 0.0394. The zero-order valence-corrected chi connectivity index (χ0v) is 10.2. The SMILES string of the molecule is COc1ccc(CC2(C#N)CCC2)cc1[N+](=O)[O-]. The maximum Gasteiger partial charge on any atom is 0.311 e. The van der Waals surface area contributed by atoms with Gasteiger partial charge in [0, 0.05) is 6.07 Å². The smallest absolute Gasteiger partial charge is 0.311 e. The quantitative estimate of drug-likeness (QED) is 0.604. The summed E-state index contributed by atoms with van der Waals surface area (Å²) in [6.07, 6.45) is 3.40. The number of hydrogen-bond acceptors (Lipinski definition) is 4. The van der Waals surface area contributed by atoms with Gasteiger partial charge in [-0.3, -0.25) is 10.1 Å². The van der Waals surface area contributed by atoms with Crippen LogP contribution in [-0.4, -0.2) is 12.0 Å². The molecule has 5 heteroatoms. The molecular weight excluding hydrogens is 232 g/mol. The van der Waals surface area contributed by atoms with Crippen LogP contribution in [-0.2, 0) is 6.42 Å². The number of ether oxygens (including phenoxy) is 1. The molecule has 0 radical (unpaired) electrons. The summed E-state index contributed by atoms with van der Waals surface area (Å²) >= 11 is 0. The molecule has 1 aromatic carbocycles. The summed E-state index contributed by atoms with van der Waals surface area (Å²) in [5.41, 5.74) is 0.466. The van der Waals surface area contributed by atoms with Gasteiger partial charge in [-0.2, -0.15) is 5.26 Å². The highest BCUT2D eigenvalue weighted by atomic mass is 16.6. The largest absolute Gasteiger partial charge is 0.490 e. The van der Waals surface area contributed by atoms with Crippen LogP contribution >= 0.6 is 0 Å². The molecule has 0 bridgehead atoms. The maximum absolute atomic E-state index is 10.9. The molecule has 0 aliphatic heterocycles. The minimum Gasteiger partial charge on any atom is -0.490 e. The Hall–Kier alpha value is -2.09. The van der Waals surface area contributed by atoms with Crippen LogP contribution in [0.5, 0.6) is 5.75 Å². The summed E-state index contributed by atoms with van der Waals surface area (Å²) in [6.45, 7) is 0. The van der Waals surface area contributed by atoms with Crippen LogP contribution in [0.25, 0.3) is 0 Å². The molecule has 1 aromatic rings. The van der Waals surface area contributed by atoms with Crippen LogP contribution in [0.3, 0.4) is 0 Å². The Labute approximate surface area is 105 Å². The van der Waals surface area contributed by atoms with Gasteiger partial charge in [0.15, 0.2) is 5.75 Å². The zero-order valence-electron chi connectivity index (χ0n) is 10.2. The Morgan fingerprint density at radius 1 is 1.56 bits per heavy atom. The van der Waals surface area contributed by atoms with Crippen molar-refractivity contribution >= 4 is 5.69 Å². The Bertz CT molecular complexity index is 515. The molecule has 0 atom stereocenters. The van der Waals surface area contributed by atoms with E-state index in [1.165, 1.54) is 13.2 Å². The molecule has 5 nitrogen and oxygen atoms in total. The van der Waals surface area contributed by atoms with Crippen molar-refractivity contribution in [2.45, 2.75) is 25.7 Å². The number of nitro benzene ring substituents is 1. The third-order valence-electron chi connectivity index (χ3n) is 3.53. The summed E-state index contributed by atoms with van der Waals surface area (Å²) in [6, 6.07) is 7.24. The monoisotopic (exact) mass is 246 g/mol. The number of rotatable bonds is 4. The van der Waals surface area contributed by atoms with E-state index in [0.717, 1.165) is 24.8 Å². The highest BCUT2D eigenvalue weighted by Gasteiger charge is 2.37. The van der Waals surface area contributed by atoms with Crippen LogP contribution in [0.15, 0.2) is 18.2 Å². The van der Waals surface area contributed by atoms with Crippen molar-refractivity contribution in [1.82, 2.24) is 0 Å². The molecule has 18 heavy (non-hydrogen) atoms. The Morgan fingerprint density at radius 3 is 2.72 bits per heavy atom. The van der Waals surface area contributed by atoms with E-state index in [2.05, 4.69) is 6.07 Å². The average Bonchev–Trinajstić information content (AvgIpc) is 2.33. The number of nitro groups is 1. The van der Waals surface area contributed by atoms with Crippen molar-refractivity contribution in [3.63, 3.8) is 0 Å². The predicted octanol–water partition coefficient (Wildman–Crippen LogP) is 2.84. The second-order valence-electron chi connectivity index (χ2n) is 4.69. The molecule has 0 spiro atoms. The van der Waals surface area contributed by atoms with E-state index in [1.54, 1.807) is 12.1 Å². The van der Waals surface area contributed by atoms with Crippen molar-refractivity contribution < 1.29 is 9.66 Å². The van der Waals surface area contributed by atoms with E-state index >= 15 is 0 Å². The third-order valence-corrected chi connectivity index (χ3v) is 3.53. The second kappa shape index (κ2) is 4.65. The maximum atomic E-state index is 10.9. The van der Waals surface area contributed by atoms with Crippen molar-refractivity contribution in [2.24, 2.45) is 5.41 Å². The Morgan fingerprint density at radius 2 is 2.28 bits per heavy atom. The van der Waals surface area contributed by atoms with Gasteiger partial charge in [-0.1, -0.05) is 12.5 Å². The van der Waals surface area contributed by atoms with Crippen molar-refractivity contribution in [2.75, 3.05) is 7.11 Å². The number of methoxy groups -OCH3 is 1. The molecular formula is C13H14N2O3. The first-order valence-corrected chi connectivity index (χ1v) is 5.83. The third kappa shape index (κ3) is 2.14. The molecule has 2 rings (SSSR count). The normalized spacial score (nSPS) is 16.4. The average molecular weight is 246 g/mol. The van der Waals surface area contributed by atoms with Gasteiger partial charge in [-0.25, -0.2) is 0 Å². The van der Waals surface area contributed by atoms with Gasteiger partial charge >= 0.3 is 5.69 Å². The van der Waals surface area contributed by atoms with E-state index in [1.807, 2.05) is 0 Å². The highest BCUT2D eigenvalue weighted by molar-refractivity contribution is 5.49. The lowest BCUT2D eigenvalue weighted by molar-refractivity contribution is -0.385. The van der Waals surface area contributed by atoms with Gasteiger partial charge < -0.3 is 4.74 Å². The fraction of sp³-hybridized carbons (Fsp3) is 0.462. The highest BCUT2D eigenvalue weighted by Crippen LogP contribution is 2.43. The predicted molar refractivity (Wildman–Crippen MR) is 65.2 cm³/mol. The van der Waals surface area contributed by atoms with E-state index < -0.39 is 4.92 Å². The molecule has 94 valence electrons. The van der Waals surface area contributed by atoms with Crippen molar-refractivity contribution in [3.8, 4) is 11.8 Å². The fourth-order valence-corrected chi connectivity index (χ4v) is 2.31.